The smallest absolute Gasteiger partial charge is 0.306 e. The fourth-order valence-corrected chi connectivity index (χ4v) is 7.18. The molecule has 0 rings (SSSR count). The van der Waals surface area contributed by atoms with Gasteiger partial charge < -0.3 is 14.2 Å². The molecule has 0 aromatic carbocycles. The molecule has 1 unspecified atom stereocenters. The summed E-state index contributed by atoms with van der Waals surface area (Å²) in [4.78, 5) is 38.1. The van der Waals surface area contributed by atoms with E-state index in [0.717, 1.165) is 141 Å². The van der Waals surface area contributed by atoms with Gasteiger partial charge in [0.15, 0.2) is 6.10 Å². The molecule has 0 aliphatic carbocycles. The lowest BCUT2D eigenvalue weighted by molar-refractivity contribution is -0.167. The van der Waals surface area contributed by atoms with Gasteiger partial charge in [-0.2, -0.15) is 0 Å². The lowest BCUT2D eigenvalue weighted by atomic mass is 10.1. The van der Waals surface area contributed by atoms with Crippen molar-refractivity contribution in [2.45, 2.75) is 245 Å². The van der Waals surface area contributed by atoms with Gasteiger partial charge in [-0.3, -0.25) is 14.4 Å². The quantitative estimate of drug-likeness (QED) is 0.0262. The number of unbranched alkanes of at least 4 members (excludes halogenated alkanes) is 19. The van der Waals surface area contributed by atoms with Gasteiger partial charge in [0.25, 0.3) is 0 Å². The number of carbonyl (C=O) groups excluding carboxylic acids is 3. The Kier molecular flexibility index (Phi) is 51.5. The Balaban J connectivity index is 4.49. The van der Waals surface area contributed by atoms with Crippen LogP contribution in [-0.2, 0) is 28.6 Å². The Bertz CT molecular complexity index is 1390. The third kappa shape index (κ3) is 52.9. The summed E-state index contributed by atoms with van der Waals surface area (Å²) in [5.41, 5.74) is 0. The van der Waals surface area contributed by atoms with Gasteiger partial charge in [0.1, 0.15) is 13.2 Å². The van der Waals surface area contributed by atoms with Gasteiger partial charge in [-0.15, -0.1) is 0 Å². The van der Waals surface area contributed by atoms with Gasteiger partial charge in [0, 0.05) is 19.3 Å². The highest BCUT2D eigenvalue weighted by atomic mass is 16.6. The van der Waals surface area contributed by atoms with Gasteiger partial charge >= 0.3 is 17.9 Å². The summed E-state index contributed by atoms with van der Waals surface area (Å²) in [6.45, 7) is 6.35. The van der Waals surface area contributed by atoms with E-state index in [2.05, 4.69) is 130 Å². The van der Waals surface area contributed by atoms with Gasteiger partial charge in [-0.25, -0.2) is 0 Å². The number of hydrogen-bond acceptors (Lipinski definition) is 6. The van der Waals surface area contributed by atoms with Crippen LogP contribution in [0.3, 0.4) is 0 Å². The molecule has 0 fully saturated rings. The largest absolute Gasteiger partial charge is 0.462 e. The second-order valence-electron chi connectivity index (χ2n) is 17.7. The molecule has 0 saturated heterocycles. The van der Waals surface area contributed by atoms with E-state index in [-0.39, 0.29) is 37.5 Å². The molecular weight excluding hydrogens is 829 g/mol. The van der Waals surface area contributed by atoms with Gasteiger partial charge in [0.2, 0.25) is 0 Å². The minimum Gasteiger partial charge on any atom is -0.462 e. The molecule has 0 amide bonds. The summed E-state index contributed by atoms with van der Waals surface area (Å²) >= 11 is 0. The van der Waals surface area contributed by atoms with Crippen molar-refractivity contribution in [3.8, 4) is 0 Å². The van der Waals surface area contributed by atoms with Gasteiger partial charge in [-0.05, 0) is 122 Å². The molecule has 0 aliphatic rings. The van der Waals surface area contributed by atoms with Crippen LogP contribution in [0.15, 0.2) is 109 Å². The van der Waals surface area contributed by atoms with Crippen LogP contribution in [0.5, 0.6) is 0 Å². The van der Waals surface area contributed by atoms with Crippen molar-refractivity contribution in [2.24, 2.45) is 0 Å². The second kappa shape index (κ2) is 54.7. The summed E-state index contributed by atoms with van der Waals surface area (Å²) in [5, 5.41) is 0. The Labute approximate surface area is 412 Å². The van der Waals surface area contributed by atoms with E-state index in [1.54, 1.807) is 0 Å². The molecule has 1 atom stereocenters. The molecule has 6 heteroatoms. The first-order valence-corrected chi connectivity index (χ1v) is 27.4. The van der Waals surface area contributed by atoms with Crippen LogP contribution in [-0.4, -0.2) is 37.2 Å². The van der Waals surface area contributed by atoms with E-state index in [9.17, 15) is 14.4 Å². The van der Waals surface area contributed by atoms with Crippen LogP contribution in [0.4, 0.5) is 0 Å². The predicted molar refractivity (Wildman–Crippen MR) is 288 cm³/mol. The van der Waals surface area contributed by atoms with Crippen LogP contribution in [0.1, 0.15) is 239 Å². The second-order valence-corrected chi connectivity index (χ2v) is 17.7. The van der Waals surface area contributed by atoms with Crippen molar-refractivity contribution >= 4 is 17.9 Å². The van der Waals surface area contributed by atoms with E-state index < -0.39 is 6.10 Å². The highest BCUT2D eigenvalue weighted by Crippen LogP contribution is 2.13. The highest BCUT2D eigenvalue weighted by molar-refractivity contribution is 5.71. The van der Waals surface area contributed by atoms with Gasteiger partial charge in [-0.1, -0.05) is 207 Å². The van der Waals surface area contributed by atoms with Crippen LogP contribution < -0.4 is 0 Å². The lowest BCUT2D eigenvalue weighted by Crippen LogP contribution is -2.30. The molecule has 0 heterocycles. The maximum atomic E-state index is 12.8. The minimum atomic E-state index is -0.809. The Hall–Kier alpha value is -3.93. The fraction of sp³-hybridized carbons (Fsp3) is 0.656. The number of hydrogen-bond donors (Lipinski definition) is 0. The summed E-state index contributed by atoms with van der Waals surface area (Å²) < 4.78 is 16.8. The SMILES string of the molecule is CC/C=C\C/C=C\C/C=C\C/C=C\CCCCCCCCC(=O)OCC(COC(=O)CCCCC/C=C\CCCCCCCCC)OC(=O)CCCCC/C=C\C/C=C\C/C=C\C/C=C\CC. The Morgan fingerprint density at radius 1 is 0.313 bits per heavy atom. The zero-order valence-corrected chi connectivity index (χ0v) is 43.4. The molecule has 0 aromatic rings. The number of carbonyl (C=O) groups is 3. The number of rotatable bonds is 48. The van der Waals surface area contributed by atoms with E-state index in [1.807, 2.05) is 0 Å². The van der Waals surface area contributed by atoms with Crippen molar-refractivity contribution in [3.05, 3.63) is 109 Å². The zero-order valence-electron chi connectivity index (χ0n) is 43.4. The standard InChI is InChI=1S/C61H100O6/c1-4-7-10-13-16-19-22-25-28-30-31-32-34-36-39-42-45-48-51-54-60(63)66-57-58(56-65-59(62)53-50-47-44-41-38-35-27-24-21-18-15-12-9-6-3)67-61(64)55-52-49-46-43-40-37-33-29-26-23-20-17-14-11-8-5-2/h7-8,10-11,16-17,19-20,25-26,28-29,31-32,35,37-38,40,58H,4-6,9,12-15,18,21-24,27,30,33-34,36,39,41-57H2,1-3H3/b10-7-,11-8-,19-16-,20-17-,28-25-,29-26-,32-31-,38-35-,40-37-. The number of allylic oxidation sites excluding steroid dienone is 18. The Morgan fingerprint density at radius 2 is 0.582 bits per heavy atom. The molecule has 0 aliphatic heterocycles. The summed E-state index contributed by atoms with van der Waals surface area (Å²) in [6, 6.07) is 0. The maximum Gasteiger partial charge on any atom is 0.306 e. The summed E-state index contributed by atoms with van der Waals surface area (Å²) in [7, 11) is 0. The summed E-state index contributed by atoms with van der Waals surface area (Å²) in [6.07, 6.45) is 73.6. The predicted octanol–water partition coefficient (Wildman–Crippen LogP) is 18.3. The summed E-state index contributed by atoms with van der Waals surface area (Å²) in [5.74, 6) is -0.967. The monoisotopic (exact) mass is 929 g/mol. The van der Waals surface area contributed by atoms with Gasteiger partial charge in [0.05, 0.1) is 0 Å². The van der Waals surface area contributed by atoms with Crippen molar-refractivity contribution in [3.63, 3.8) is 0 Å². The van der Waals surface area contributed by atoms with Crippen molar-refractivity contribution in [1.29, 1.82) is 0 Å². The molecule has 380 valence electrons. The van der Waals surface area contributed by atoms with Crippen LogP contribution in [0.25, 0.3) is 0 Å². The highest BCUT2D eigenvalue weighted by Gasteiger charge is 2.19. The van der Waals surface area contributed by atoms with E-state index in [1.165, 1.54) is 57.8 Å². The average molecular weight is 929 g/mol. The van der Waals surface area contributed by atoms with E-state index >= 15 is 0 Å². The Morgan fingerprint density at radius 3 is 0.940 bits per heavy atom. The molecule has 0 radical (unpaired) electrons. The molecule has 0 N–H and O–H groups in total. The number of esters is 3. The maximum absolute atomic E-state index is 12.8. The topological polar surface area (TPSA) is 78.9 Å². The normalized spacial score (nSPS) is 12.9. The van der Waals surface area contributed by atoms with E-state index in [0.29, 0.717) is 12.8 Å². The molecule has 0 aromatic heterocycles. The lowest BCUT2D eigenvalue weighted by Gasteiger charge is -2.18. The molecule has 6 nitrogen and oxygen atoms in total. The first kappa shape index (κ1) is 63.1. The zero-order chi connectivity index (χ0) is 48.6. The van der Waals surface area contributed by atoms with Crippen LogP contribution in [0.2, 0.25) is 0 Å². The third-order valence-corrected chi connectivity index (χ3v) is 11.2. The average Bonchev–Trinajstić information content (AvgIpc) is 3.33. The fourth-order valence-electron chi connectivity index (χ4n) is 7.18. The van der Waals surface area contributed by atoms with Crippen molar-refractivity contribution in [1.82, 2.24) is 0 Å². The first-order valence-electron chi connectivity index (χ1n) is 27.4. The molecule has 67 heavy (non-hydrogen) atoms. The molecular formula is C61H100O6. The minimum absolute atomic E-state index is 0.105. The molecule has 0 saturated carbocycles. The van der Waals surface area contributed by atoms with Crippen molar-refractivity contribution < 1.29 is 28.6 Å². The van der Waals surface area contributed by atoms with Crippen LogP contribution >= 0.6 is 0 Å². The third-order valence-electron chi connectivity index (χ3n) is 11.2. The molecule has 0 bridgehead atoms. The number of ether oxygens (including phenoxy) is 3. The van der Waals surface area contributed by atoms with Crippen molar-refractivity contribution in [2.75, 3.05) is 13.2 Å². The van der Waals surface area contributed by atoms with Crippen LogP contribution in [0, 0.1) is 0 Å². The molecule has 0 spiro atoms. The first-order chi connectivity index (χ1) is 33.0. The van der Waals surface area contributed by atoms with E-state index in [4.69, 9.17) is 14.2 Å².